The normalized spacial score (nSPS) is 14.8. The predicted octanol–water partition coefficient (Wildman–Crippen LogP) is 0.502. The van der Waals surface area contributed by atoms with Gasteiger partial charge in [-0.05, 0) is 36.7 Å². The van der Waals surface area contributed by atoms with Crippen LogP contribution in [0.25, 0.3) is 0 Å². The van der Waals surface area contributed by atoms with Gasteiger partial charge in [-0.15, -0.1) is 5.10 Å². The fourth-order valence-corrected chi connectivity index (χ4v) is 2.18. The van der Waals surface area contributed by atoms with Crippen LogP contribution >= 0.6 is 0 Å². The van der Waals surface area contributed by atoms with E-state index in [1.807, 2.05) is 11.6 Å². The van der Waals surface area contributed by atoms with Crippen molar-refractivity contribution in [2.24, 2.45) is 0 Å². The number of nitrogens with one attached hydrogen (secondary N) is 1. The van der Waals surface area contributed by atoms with Gasteiger partial charge < -0.3 is 5.32 Å². The first-order valence-corrected chi connectivity index (χ1v) is 7.65. The summed E-state index contributed by atoms with van der Waals surface area (Å²) in [6.07, 6.45) is 3.64. The Labute approximate surface area is 105 Å². The fraction of sp³-hybridized carbons (Fsp3) is 0.900. The molecule has 2 atom stereocenters. The molecule has 0 saturated heterocycles. The molecule has 0 saturated carbocycles. The number of hydrogen-bond donors (Lipinski definition) is 1. The van der Waals surface area contributed by atoms with Crippen molar-refractivity contribution in [3.8, 4) is 0 Å². The molecule has 1 heterocycles. The van der Waals surface area contributed by atoms with Crippen molar-refractivity contribution in [1.82, 2.24) is 25.5 Å². The number of hydrogen-bond acceptors (Lipinski definition) is 5. The average Bonchev–Trinajstić information content (AvgIpc) is 2.74. The Kier molecular flexibility index (Phi) is 6.28. The van der Waals surface area contributed by atoms with E-state index in [2.05, 4.69) is 27.8 Å². The van der Waals surface area contributed by atoms with Crippen molar-refractivity contribution in [2.45, 2.75) is 39.3 Å². The van der Waals surface area contributed by atoms with E-state index in [-0.39, 0.29) is 6.04 Å². The van der Waals surface area contributed by atoms with E-state index < -0.39 is 10.8 Å². The standard InChI is InChI=1S/C10H21N5OS/c1-4-6-11-8-10-12-13-14-15(10)9(2)5-7-17(3)16/h9,11H,4-8H2,1-3H3. The van der Waals surface area contributed by atoms with Crippen LogP contribution < -0.4 is 5.32 Å². The van der Waals surface area contributed by atoms with Crippen LogP contribution in [0, 0.1) is 0 Å². The van der Waals surface area contributed by atoms with Gasteiger partial charge in [-0.25, -0.2) is 4.68 Å². The first-order valence-electron chi connectivity index (χ1n) is 5.92. The number of nitrogens with zero attached hydrogens (tertiary/aromatic N) is 4. The van der Waals surface area contributed by atoms with Gasteiger partial charge in [0.15, 0.2) is 5.82 Å². The summed E-state index contributed by atoms with van der Waals surface area (Å²) in [6, 6.07) is 0.187. The Balaban J connectivity index is 2.51. The van der Waals surface area contributed by atoms with E-state index in [9.17, 15) is 4.21 Å². The molecule has 7 heteroatoms. The Morgan fingerprint density at radius 1 is 1.53 bits per heavy atom. The predicted molar refractivity (Wildman–Crippen MR) is 68.1 cm³/mol. The summed E-state index contributed by atoms with van der Waals surface area (Å²) in [4.78, 5) is 0. The molecule has 6 nitrogen and oxygen atoms in total. The van der Waals surface area contributed by atoms with Gasteiger partial charge in [0.1, 0.15) is 0 Å². The van der Waals surface area contributed by atoms with Crippen molar-refractivity contribution in [3.63, 3.8) is 0 Å². The zero-order chi connectivity index (χ0) is 12.7. The molecule has 0 bridgehead atoms. The maximum atomic E-state index is 11.1. The summed E-state index contributed by atoms with van der Waals surface area (Å²) in [5.74, 6) is 1.52. The molecule has 0 fully saturated rings. The molecule has 0 amide bonds. The van der Waals surface area contributed by atoms with E-state index in [1.165, 1.54) is 0 Å². The lowest BCUT2D eigenvalue weighted by Gasteiger charge is -2.12. The highest BCUT2D eigenvalue weighted by atomic mass is 32.2. The summed E-state index contributed by atoms with van der Waals surface area (Å²) in [7, 11) is -0.759. The summed E-state index contributed by atoms with van der Waals surface area (Å²) < 4.78 is 12.9. The third-order valence-corrected chi connectivity index (χ3v) is 3.32. The van der Waals surface area contributed by atoms with Gasteiger partial charge in [0, 0.05) is 22.8 Å². The molecule has 0 aliphatic rings. The number of aromatic nitrogens is 4. The zero-order valence-corrected chi connectivity index (χ0v) is 11.5. The third kappa shape index (κ3) is 4.91. The van der Waals surface area contributed by atoms with Crippen molar-refractivity contribution in [3.05, 3.63) is 5.82 Å². The Bertz CT molecular complexity index is 354. The molecule has 0 spiro atoms. The van der Waals surface area contributed by atoms with Gasteiger partial charge >= 0.3 is 0 Å². The average molecular weight is 259 g/mol. The maximum Gasteiger partial charge on any atom is 0.165 e. The van der Waals surface area contributed by atoms with Crippen LogP contribution in [0.5, 0.6) is 0 Å². The van der Waals surface area contributed by atoms with Crippen LogP contribution in [0.4, 0.5) is 0 Å². The molecule has 1 aromatic heterocycles. The molecular weight excluding hydrogens is 238 g/mol. The van der Waals surface area contributed by atoms with Crippen molar-refractivity contribution < 1.29 is 4.21 Å². The lowest BCUT2D eigenvalue weighted by atomic mass is 10.2. The van der Waals surface area contributed by atoms with Crippen molar-refractivity contribution >= 4 is 10.8 Å². The highest BCUT2D eigenvalue weighted by Gasteiger charge is 2.12. The van der Waals surface area contributed by atoms with E-state index in [1.54, 1.807) is 6.26 Å². The Morgan fingerprint density at radius 3 is 2.94 bits per heavy atom. The van der Waals surface area contributed by atoms with Gasteiger partial charge in [0.2, 0.25) is 0 Å². The van der Waals surface area contributed by atoms with Crippen molar-refractivity contribution in [2.75, 3.05) is 18.6 Å². The van der Waals surface area contributed by atoms with Gasteiger partial charge in [-0.2, -0.15) is 0 Å². The summed E-state index contributed by atoms with van der Waals surface area (Å²) in [5.41, 5.74) is 0. The molecule has 17 heavy (non-hydrogen) atoms. The van der Waals surface area contributed by atoms with E-state index in [0.717, 1.165) is 25.2 Å². The quantitative estimate of drug-likeness (QED) is 0.688. The largest absolute Gasteiger partial charge is 0.310 e. The highest BCUT2D eigenvalue weighted by molar-refractivity contribution is 7.84. The second-order valence-electron chi connectivity index (χ2n) is 4.13. The monoisotopic (exact) mass is 259 g/mol. The SMILES string of the molecule is CCCNCc1nnnn1C(C)CCS(C)=O. The lowest BCUT2D eigenvalue weighted by molar-refractivity contribution is 0.441. The molecule has 1 N–H and O–H groups in total. The van der Waals surface area contributed by atoms with Crippen LogP contribution in [-0.2, 0) is 17.3 Å². The minimum Gasteiger partial charge on any atom is -0.310 e. The summed E-state index contributed by atoms with van der Waals surface area (Å²) in [6.45, 7) is 5.81. The van der Waals surface area contributed by atoms with Crippen LogP contribution in [-0.4, -0.2) is 43.0 Å². The van der Waals surface area contributed by atoms with Crippen LogP contribution in [0.1, 0.15) is 38.6 Å². The minimum atomic E-state index is -0.759. The second kappa shape index (κ2) is 7.50. The first-order chi connectivity index (χ1) is 8.15. The van der Waals surface area contributed by atoms with Gasteiger partial charge in [-0.3, -0.25) is 4.21 Å². The summed E-state index contributed by atoms with van der Waals surface area (Å²) in [5, 5.41) is 15.0. The maximum absolute atomic E-state index is 11.1. The molecule has 2 unspecified atom stereocenters. The molecule has 0 aliphatic carbocycles. The Hall–Kier alpha value is -0.820. The molecule has 0 aromatic carbocycles. The molecule has 1 aromatic rings. The van der Waals surface area contributed by atoms with Gasteiger partial charge in [0.25, 0.3) is 0 Å². The second-order valence-corrected chi connectivity index (χ2v) is 5.69. The van der Waals surface area contributed by atoms with Crippen molar-refractivity contribution in [1.29, 1.82) is 0 Å². The van der Waals surface area contributed by atoms with E-state index >= 15 is 0 Å². The first kappa shape index (κ1) is 14.2. The van der Waals surface area contributed by atoms with Crippen LogP contribution in [0.15, 0.2) is 0 Å². The van der Waals surface area contributed by atoms with E-state index in [4.69, 9.17) is 0 Å². The fourth-order valence-electron chi connectivity index (χ4n) is 1.51. The molecule has 0 radical (unpaired) electrons. The highest BCUT2D eigenvalue weighted by Crippen LogP contribution is 2.10. The molecule has 1 rings (SSSR count). The van der Waals surface area contributed by atoms with Gasteiger partial charge in [0.05, 0.1) is 12.6 Å². The van der Waals surface area contributed by atoms with E-state index in [0.29, 0.717) is 12.3 Å². The third-order valence-electron chi connectivity index (χ3n) is 2.51. The topological polar surface area (TPSA) is 72.7 Å². The molecule has 98 valence electrons. The van der Waals surface area contributed by atoms with Crippen LogP contribution in [0.2, 0.25) is 0 Å². The summed E-state index contributed by atoms with van der Waals surface area (Å²) >= 11 is 0. The lowest BCUT2D eigenvalue weighted by Crippen LogP contribution is -2.20. The smallest absolute Gasteiger partial charge is 0.165 e. The van der Waals surface area contributed by atoms with Gasteiger partial charge in [-0.1, -0.05) is 6.92 Å². The molecule has 0 aliphatic heterocycles. The minimum absolute atomic E-state index is 0.187. The number of tetrazole rings is 1. The molecular formula is C10H21N5OS. The zero-order valence-electron chi connectivity index (χ0n) is 10.7. The van der Waals surface area contributed by atoms with Crippen LogP contribution in [0.3, 0.4) is 0 Å². The number of rotatable bonds is 8. The Morgan fingerprint density at radius 2 is 2.29 bits per heavy atom.